The maximum absolute atomic E-state index is 9.94. The molecule has 0 aliphatic carbocycles. The average Bonchev–Trinajstić information content (AvgIpc) is 2.48. The second-order valence-corrected chi connectivity index (χ2v) is 5.56. The molecule has 1 aliphatic heterocycles. The number of aliphatic hydroxyl groups is 3. The molecule has 124 valence electrons. The van der Waals surface area contributed by atoms with Crippen molar-refractivity contribution in [1.29, 1.82) is 0 Å². The normalized spacial score (nSPS) is 30.1. The summed E-state index contributed by atoms with van der Waals surface area (Å²) in [7, 11) is 0. The fourth-order valence-electron chi connectivity index (χ4n) is 2.39. The van der Waals surface area contributed by atoms with E-state index in [4.69, 9.17) is 14.6 Å². The standard InChI is InChI=1S/C16H30O5/c1-2-3-4-5-6-7-8-9-10-20-16-13(18)12-21-14(11-17)15(16)19/h6-7,13-19H,2-5,8-12H2,1H3/b7-6+/t13-,14+,15+,16+/m1/s1. The van der Waals surface area contributed by atoms with Crippen LogP contribution in [0.3, 0.4) is 0 Å². The fourth-order valence-corrected chi connectivity index (χ4v) is 2.39. The summed E-state index contributed by atoms with van der Waals surface area (Å²) in [4.78, 5) is 0. The minimum atomic E-state index is -0.983. The van der Waals surface area contributed by atoms with Crippen LogP contribution in [0, 0.1) is 0 Å². The van der Waals surface area contributed by atoms with Gasteiger partial charge in [0.25, 0.3) is 0 Å². The van der Waals surface area contributed by atoms with Crippen LogP contribution in [-0.2, 0) is 9.47 Å². The van der Waals surface area contributed by atoms with E-state index in [1.807, 2.05) is 0 Å². The monoisotopic (exact) mass is 302 g/mol. The van der Waals surface area contributed by atoms with Gasteiger partial charge < -0.3 is 24.8 Å². The minimum absolute atomic E-state index is 0.0876. The van der Waals surface area contributed by atoms with E-state index in [1.54, 1.807) is 0 Å². The molecular weight excluding hydrogens is 272 g/mol. The van der Waals surface area contributed by atoms with Crippen molar-refractivity contribution < 1.29 is 24.8 Å². The smallest absolute Gasteiger partial charge is 0.114 e. The molecule has 1 fully saturated rings. The van der Waals surface area contributed by atoms with E-state index in [9.17, 15) is 10.2 Å². The van der Waals surface area contributed by atoms with E-state index in [2.05, 4.69) is 19.1 Å². The molecule has 4 atom stereocenters. The fraction of sp³-hybridized carbons (Fsp3) is 0.875. The number of aliphatic hydroxyl groups excluding tert-OH is 3. The Balaban J connectivity index is 2.13. The van der Waals surface area contributed by atoms with E-state index in [1.165, 1.54) is 19.3 Å². The second kappa shape index (κ2) is 11.2. The molecule has 0 aromatic heterocycles. The molecule has 0 spiro atoms. The summed E-state index contributed by atoms with van der Waals surface area (Å²) >= 11 is 0. The molecule has 0 amide bonds. The predicted molar refractivity (Wildman–Crippen MR) is 81.1 cm³/mol. The van der Waals surface area contributed by atoms with Crippen LogP contribution in [-0.4, -0.2) is 59.6 Å². The zero-order chi connectivity index (χ0) is 15.5. The Morgan fingerprint density at radius 3 is 2.52 bits per heavy atom. The molecule has 1 rings (SSSR count). The zero-order valence-corrected chi connectivity index (χ0v) is 13.0. The van der Waals surface area contributed by atoms with Gasteiger partial charge in [0.2, 0.25) is 0 Å². The molecule has 1 saturated heterocycles. The Bertz CT molecular complexity index is 282. The van der Waals surface area contributed by atoms with Crippen LogP contribution in [0.15, 0.2) is 12.2 Å². The molecule has 1 heterocycles. The lowest BCUT2D eigenvalue weighted by Crippen LogP contribution is -2.55. The molecule has 0 unspecified atom stereocenters. The molecule has 0 radical (unpaired) electrons. The van der Waals surface area contributed by atoms with Gasteiger partial charge in [0, 0.05) is 6.61 Å². The first kappa shape index (κ1) is 18.6. The van der Waals surface area contributed by atoms with E-state index in [0.717, 1.165) is 19.3 Å². The van der Waals surface area contributed by atoms with Crippen LogP contribution in [0.2, 0.25) is 0 Å². The summed E-state index contributed by atoms with van der Waals surface area (Å²) in [5.74, 6) is 0. The van der Waals surface area contributed by atoms with Crippen molar-refractivity contribution in [3.63, 3.8) is 0 Å². The van der Waals surface area contributed by atoms with E-state index >= 15 is 0 Å². The second-order valence-electron chi connectivity index (χ2n) is 5.56. The van der Waals surface area contributed by atoms with Crippen LogP contribution < -0.4 is 0 Å². The van der Waals surface area contributed by atoms with Crippen molar-refractivity contribution in [2.75, 3.05) is 19.8 Å². The Kier molecular flexibility index (Phi) is 9.87. The predicted octanol–water partition coefficient (Wildman–Crippen LogP) is 1.40. The summed E-state index contributed by atoms with van der Waals surface area (Å²) in [5, 5.41) is 28.8. The molecule has 0 bridgehead atoms. The van der Waals surface area contributed by atoms with Gasteiger partial charge in [0.15, 0.2) is 0 Å². The first-order valence-corrected chi connectivity index (χ1v) is 8.05. The van der Waals surface area contributed by atoms with Gasteiger partial charge >= 0.3 is 0 Å². The van der Waals surface area contributed by atoms with Crippen LogP contribution in [0.4, 0.5) is 0 Å². The number of allylic oxidation sites excluding steroid dienone is 2. The zero-order valence-electron chi connectivity index (χ0n) is 13.0. The van der Waals surface area contributed by atoms with Gasteiger partial charge in [-0.2, -0.15) is 0 Å². The van der Waals surface area contributed by atoms with E-state index < -0.39 is 24.4 Å². The van der Waals surface area contributed by atoms with Gasteiger partial charge in [0.1, 0.15) is 24.4 Å². The van der Waals surface area contributed by atoms with Gasteiger partial charge in [-0.25, -0.2) is 0 Å². The van der Waals surface area contributed by atoms with E-state index in [0.29, 0.717) is 6.61 Å². The SMILES string of the molecule is CCCCC/C=C/CCCO[C@@H]1[C@@H](O)[C@H](CO)OC[C@H]1O. The third-order valence-electron chi connectivity index (χ3n) is 3.72. The summed E-state index contributed by atoms with van der Waals surface area (Å²) in [6.07, 6.45) is 7.87. The number of ether oxygens (including phenoxy) is 2. The summed E-state index contributed by atoms with van der Waals surface area (Å²) in [5.41, 5.74) is 0. The largest absolute Gasteiger partial charge is 0.394 e. The molecule has 0 saturated carbocycles. The van der Waals surface area contributed by atoms with Crippen molar-refractivity contribution in [1.82, 2.24) is 0 Å². The third-order valence-corrected chi connectivity index (χ3v) is 3.72. The van der Waals surface area contributed by atoms with Crippen LogP contribution >= 0.6 is 0 Å². The Morgan fingerprint density at radius 1 is 1.14 bits per heavy atom. The van der Waals surface area contributed by atoms with Gasteiger partial charge in [-0.3, -0.25) is 0 Å². The highest BCUT2D eigenvalue weighted by Crippen LogP contribution is 2.18. The highest BCUT2D eigenvalue weighted by molar-refractivity contribution is 4.88. The topological polar surface area (TPSA) is 79.2 Å². The van der Waals surface area contributed by atoms with Crippen molar-refractivity contribution >= 4 is 0 Å². The van der Waals surface area contributed by atoms with Crippen LogP contribution in [0.25, 0.3) is 0 Å². The average molecular weight is 302 g/mol. The lowest BCUT2D eigenvalue weighted by Gasteiger charge is -2.37. The maximum atomic E-state index is 9.94. The molecule has 3 N–H and O–H groups in total. The molecule has 0 aromatic rings. The third kappa shape index (κ3) is 6.89. The molecule has 1 aliphatic rings. The number of hydrogen-bond donors (Lipinski definition) is 3. The summed E-state index contributed by atoms with van der Waals surface area (Å²) in [6.45, 7) is 2.50. The van der Waals surface area contributed by atoms with Crippen molar-refractivity contribution in [2.45, 2.75) is 69.9 Å². The van der Waals surface area contributed by atoms with Crippen molar-refractivity contribution in [3.05, 3.63) is 12.2 Å². The number of unbranched alkanes of at least 4 members (excludes halogenated alkanes) is 4. The quantitative estimate of drug-likeness (QED) is 0.420. The Morgan fingerprint density at radius 2 is 1.86 bits per heavy atom. The first-order chi connectivity index (χ1) is 10.2. The van der Waals surface area contributed by atoms with E-state index in [-0.39, 0.29) is 13.2 Å². The highest BCUT2D eigenvalue weighted by Gasteiger charge is 2.38. The number of rotatable bonds is 10. The summed E-state index contributed by atoms with van der Waals surface area (Å²) < 4.78 is 10.7. The van der Waals surface area contributed by atoms with Crippen molar-refractivity contribution in [3.8, 4) is 0 Å². The van der Waals surface area contributed by atoms with Crippen LogP contribution in [0.5, 0.6) is 0 Å². The first-order valence-electron chi connectivity index (χ1n) is 8.05. The molecule has 5 heteroatoms. The molecular formula is C16H30O5. The van der Waals surface area contributed by atoms with Crippen LogP contribution in [0.1, 0.15) is 45.4 Å². The highest BCUT2D eigenvalue weighted by atomic mass is 16.6. The van der Waals surface area contributed by atoms with Gasteiger partial charge in [0.05, 0.1) is 13.2 Å². The minimum Gasteiger partial charge on any atom is -0.394 e. The van der Waals surface area contributed by atoms with Gasteiger partial charge in [-0.1, -0.05) is 31.9 Å². The Hall–Kier alpha value is -0.460. The molecule has 5 nitrogen and oxygen atoms in total. The molecule has 21 heavy (non-hydrogen) atoms. The summed E-state index contributed by atoms with van der Waals surface area (Å²) in [6, 6.07) is 0. The number of hydrogen-bond acceptors (Lipinski definition) is 5. The van der Waals surface area contributed by atoms with Gasteiger partial charge in [-0.15, -0.1) is 0 Å². The maximum Gasteiger partial charge on any atom is 0.114 e. The lowest BCUT2D eigenvalue weighted by atomic mass is 10.0. The molecule has 0 aromatic carbocycles. The van der Waals surface area contributed by atoms with Crippen molar-refractivity contribution in [2.24, 2.45) is 0 Å². The Labute approximate surface area is 127 Å². The lowest BCUT2D eigenvalue weighted by molar-refractivity contribution is -0.210. The van der Waals surface area contributed by atoms with Gasteiger partial charge in [-0.05, 0) is 25.7 Å².